The van der Waals surface area contributed by atoms with E-state index in [1.54, 1.807) is 11.3 Å². The Morgan fingerprint density at radius 2 is 2.17 bits per heavy atom. The molecule has 1 aromatic carbocycles. The second-order valence-corrected chi connectivity index (χ2v) is 6.21. The Kier molecular flexibility index (Phi) is 4.72. The third kappa shape index (κ3) is 3.09. The molecule has 96 valence electrons. The third-order valence-electron chi connectivity index (χ3n) is 2.60. The molecule has 0 radical (unpaired) electrons. The zero-order valence-corrected chi connectivity index (χ0v) is 13.2. The van der Waals surface area contributed by atoms with Gasteiger partial charge in [-0.05, 0) is 31.7 Å². The molecule has 0 aliphatic heterocycles. The summed E-state index contributed by atoms with van der Waals surface area (Å²) >= 11 is 11.1. The predicted octanol–water partition coefficient (Wildman–Crippen LogP) is 4.29. The maximum absolute atomic E-state index is 6.04. The van der Waals surface area contributed by atoms with Crippen molar-refractivity contribution < 1.29 is 0 Å². The van der Waals surface area contributed by atoms with Gasteiger partial charge in [0.05, 0.1) is 6.04 Å². The largest absolute Gasteiger partial charge is 0.311 e. The summed E-state index contributed by atoms with van der Waals surface area (Å²) in [5, 5.41) is 14.3. The Morgan fingerprint density at radius 3 is 2.78 bits per heavy atom. The van der Waals surface area contributed by atoms with Gasteiger partial charge in [0.15, 0.2) is 0 Å². The molecule has 0 bridgehead atoms. The summed E-state index contributed by atoms with van der Waals surface area (Å²) in [7, 11) is 1.94. The highest BCUT2D eigenvalue weighted by Crippen LogP contribution is 2.31. The van der Waals surface area contributed by atoms with Gasteiger partial charge >= 0.3 is 0 Å². The molecule has 1 atom stereocenters. The van der Waals surface area contributed by atoms with Gasteiger partial charge in [0.2, 0.25) is 0 Å². The van der Waals surface area contributed by atoms with Gasteiger partial charge in [-0.15, -0.1) is 10.2 Å². The lowest BCUT2D eigenvalue weighted by Gasteiger charge is -2.08. The Morgan fingerprint density at radius 1 is 1.39 bits per heavy atom. The highest BCUT2D eigenvalue weighted by atomic mass is 79.9. The normalized spacial score (nSPS) is 12.7. The monoisotopic (exact) mass is 345 g/mol. The summed E-state index contributed by atoms with van der Waals surface area (Å²) in [6.07, 6.45) is 0.990. The minimum absolute atomic E-state index is 0.263. The number of nitrogens with zero attached hydrogens (tertiary/aromatic N) is 2. The molecule has 1 aromatic heterocycles. The van der Waals surface area contributed by atoms with Crippen molar-refractivity contribution in [3.05, 3.63) is 32.7 Å². The van der Waals surface area contributed by atoms with Crippen LogP contribution in [-0.2, 0) is 0 Å². The topological polar surface area (TPSA) is 37.8 Å². The van der Waals surface area contributed by atoms with Crippen molar-refractivity contribution in [1.29, 1.82) is 0 Å². The highest BCUT2D eigenvalue weighted by Gasteiger charge is 2.14. The van der Waals surface area contributed by atoms with Crippen molar-refractivity contribution in [1.82, 2.24) is 15.5 Å². The second kappa shape index (κ2) is 6.10. The molecule has 2 rings (SSSR count). The number of nitrogens with one attached hydrogen (secondary N) is 1. The van der Waals surface area contributed by atoms with Crippen LogP contribution < -0.4 is 5.32 Å². The van der Waals surface area contributed by atoms with E-state index in [1.165, 1.54) is 0 Å². The Bertz CT molecular complexity index is 520. The molecular formula is C12H13BrClN3S. The van der Waals surface area contributed by atoms with Crippen LogP contribution in [0.25, 0.3) is 10.6 Å². The maximum atomic E-state index is 6.04. The summed E-state index contributed by atoms with van der Waals surface area (Å²) in [6.45, 7) is 2.12. The minimum Gasteiger partial charge on any atom is -0.311 e. The van der Waals surface area contributed by atoms with Crippen LogP contribution in [0.1, 0.15) is 24.4 Å². The van der Waals surface area contributed by atoms with E-state index in [2.05, 4.69) is 38.4 Å². The molecule has 0 fully saturated rings. The number of hydrogen-bond donors (Lipinski definition) is 1. The molecular weight excluding hydrogens is 334 g/mol. The summed E-state index contributed by atoms with van der Waals surface area (Å²) in [5.41, 5.74) is 0.990. The Balaban J connectivity index is 2.34. The van der Waals surface area contributed by atoms with Crippen LogP contribution >= 0.6 is 38.9 Å². The number of aromatic nitrogens is 2. The van der Waals surface area contributed by atoms with Crippen LogP contribution in [-0.4, -0.2) is 17.2 Å². The molecule has 1 unspecified atom stereocenters. The molecule has 1 N–H and O–H groups in total. The van der Waals surface area contributed by atoms with Crippen LogP contribution in [0, 0.1) is 0 Å². The molecule has 3 nitrogen and oxygen atoms in total. The van der Waals surface area contributed by atoms with Crippen molar-refractivity contribution in [2.45, 2.75) is 19.4 Å². The standard InChI is InChI=1S/C12H13BrClN3S/c1-3-10(15-2)12-17-16-11(18-12)7-4-8(13)6-9(14)5-7/h4-6,10,15H,3H2,1-2H3. The van der Waals surface area contributed by atoms with Gasteiger partial charge in [-0.1, -0.05) is 45.8 Å². The summed E-state index contributed by atoms with van der Waals surface area (Å²) in [4.78, 5) is 0. The molecule has 0 saturated carbocycles. The Labute approximate surface area is 124 Å². The fourth-order valence-corrected chi connectivity index (χ4v) is 3.56. The average molecular weight is 347 g/mol. The SMILES string of the molecule is CCC(NC)c1nnc(-c2cc(Cl)cc(Br)c2)s1. The first kappa shape index (κ1) is 13.9. The van der Waals surface area contributed by atoms with Gasteiger partial charge < -0.3 is 5.32 Å². The first-order chi connectivity index (χ1) is 8.63. The first-order valence-electron chi connectivity index (χ1n) is 5.61. The van der Waals surface area contributed by atoms with Crippen molar-refractivity contribution in [2.75, 3.05) is 7.05 Å². The van der Waals surface area contributed by atoms with Crippen LogP contribution in [0.2, 0.25) is 5.02 Å². The number of halogens is 2. The van der Waals surface area contributed by atoms with E-state index in [4.69, 9.17) is 11.6 Å². The van der Waals surface area contributed by atoms with Crippen LogP contribution in [0.15, 0.2) is 22.7 Å². The molecule has 0 saturated heterocycles. The fourth-order valence-electron chi connectivity index (χ4n) is 1.67. The lowest BCUT2D eigenvalue weighted by Crippen LogP contribution is -2.14. The minimum atomic E-state index is 0.263. The quantitative estimate of drug-likeness (QED) is 0.897. The van der Waals surface area contributed by atoms with E-state index in [-0.39, 0.29) is 6.04 Å². The van der Waals surface area contributed by atoms with Gasteiger partial charge in [-0.2, -0.15) is 0 Å². The van der Waals surface area contributed by atoms with Crippen LogP contribution in [0.4, 0.5) is 0 Å². The van der Waals surface area contributed by atoms with Gasteiger partial charge in [-0.25, -0.2) is 0 Å². The molecule has 18 heavy (non-hydrogen) atoms. The molecule has 0 spiro atoms. The van der Waals surface area contributed by atoms with Gasteiger partial charge in [0.25, 0.3) is 0 Å². The van der Waals surface area contributed by atoms with Crippen molar-refractivity contribution in [3.63, 3.8) is 0 Å². The van der Waals surface area contributed by atoms with Crippen molar-refractivity contribution >= 4 is 38.9 Å². The first-order valence-corrected chi connectivity index (χ1v) is 7.60. The molecule has 0 amide bonds. The molecule has 6 heteroatoms. The average Bonchev–Trinajstić information content (AvgIpc) is 2.79. The summed E-state index contributed by atoms with van der Waals surface area (Å²) in [6, 6.07) is 6.02. The zero-order valence-electron chi connectivity index (χ0n) is 10.1. The Hall–Kier alpha value is -0.490. The summed E-state index contributed by atoms with van der Waals surface area (Å²) in [5.74, 6) is 0. The maximum Gasteiger partial charge on any atom is 0.147 e. The zero-order chi connectivity index (χ0) is 13.1. The van der Waals surface area contributed by atoms with Crippen LogP contribution in [0.5, 0.6) is 0 Å². The third-order valence-corrected chi connectivity index (χ3v) is 4.37. The van der Waals surface area contributed by atoms with E-state index in [9.17, 15) is 0 Å². The molecule has 0 aliphatic carbocycles. The predicted molar refractivity (Wildman–Crippen MR) is 80.1 cm³/mol. The molecule has 2 aromatic rings. The van der Waals surface area contributed by atoms with Crippen molar-refractivity contribution in [3.8, 4) is 10.6 Å². The molecule has 0 aliphatic rings. The fraction of sp³-hybridized carbons (Fsp3) is 0.333. The lowest BCUT2D eigenvalue weighted by atomic mass is 10.2. The van der Waals surface area contributed by atoms with E-state index in [1.807, 2.05) is 25.2 Å². The van der Waals surface area contributed by atoms with Gasteiger partial charge in [-0.3, -0.25) is 0 Å². The van der Waals surface area contributed by atoms with E-state index < -0.39 is 0 Å². The molecule has 1 heterocycles. The van der Waals surface area contributed by atoms with E-state index in [0.29, 0.717) is 5.02 Å². The van der Waals surface area contributed by atoms with Gasteiger partial charge in [0, 0.05) is 15.1 Å². The van der Waals surface area contributed by atoms with E-state index >= 15 is 0 Å². The van der Waals surface area contributed by atoms with E-state index in [0.717, 1.165) is 26.5 Å². The highest BCUT2D eigenvalue weighted by molar-refractivity contribution is 9.10. The van der Waals surface area contributed by atoms with Crippen LogP contribution in [0.3, 0.4) is 0 Å². The summed E-state index contributed by atoms with van der Waals surface area (Å²) < 4.78 is 0.947. The second-order valence-electron chi connectivity index (χ2n) is 3.85. The number of benzene rings is 1. The number of rotatable bonds is 4. The lowest BCUT2D eigenvalue weighted by molar-refractivity contribution is 0.568. The smallest absolute Gasteiger partial charge is 0.147 e. The number of hydrogen-bond acceptors (Lipinski definition) is 4. The van der Waals surface area contributed by atoms with Crippen molar-refractivity contribution in [2.24, 2.45) is 0 Å². The van der Waals surface area contributed by atoms with Gasteiger partial charge in [0.1, 0.15) is 10.0 Å².